The lowest BCUT2D eigenvalue weighted by Crippen LogP contribution is -2.25. The van der Waals surface area contributed by atoms with Gasteiger partial charge in [0, 0.05) is 17.7 Å². The fourth-order valence-corrected chi connectivity index (χ4v) is 2.69. The van der Waals surface area contributed by atoms with E-state index >= 15 is 0 Å². The van der Waals surface area contributed by atoms with Gasteiger partial charge >= 0.3 is 0 Å². The molecule has 1 N–H and O–H groups in total. The number of nitrogens with one attached hydrogen (secondary N) is 1. The van der Waals surface area contributed by atoms with Gasteiger partial charge in [0.15, 0.2) is 0 Å². The number of carbonyl (C=O) groups excluding carboxylic acids is 1. The normalized spacial score (nSPS) is 18.7. The van der Waals surface area contributed by atoms with Crippen LogP contribution < -0.4 is 5.43 Å². The minimum atomic E-state index is -0.500. The second-order valence-corrected chi connectivity index (χ2v) is 6.36. The zero-order valence-electron chi connectivity index (χ0n) is 12.9. The van der Waals surface area contributed by atoms with Crippen molar-refractivity contribution < 1.29 is 9.72 Å². The fourth-order valence-electron chi connectivity index (χ4n) is 2.69. The van der Waals surface area contributed by atoms with Gasteiger partial charge in [0.2, 0.25) is 0 Å². The number of hydrogen-bond donors (Lipinski definition) is 1. The second-order valence-electron chi connectivity index (χ2n) is 6.36. The Hall–Kier alpha value is -2.50. The Morgan fingerprint density at radius 2 is 1.91 bits per heavy atom. The Bertz CT molecular complexity index is 658. The standard InChI is InChI=1S/C16H19N3O3/c1-11-8-13(10-16(2,3)9-11)17-18-15(20)12-4-6-14(7-5-12)19(21)22/h4-8H,9-10H2,1-3H3,(H,18,20)/b17-13+. The van der Waals surface area contributed by atoms with Gasteiger partial charge in [-0.15, -0.1) is 0 Å². The van der Waals surface area contributed by atoms with Crippen molar-refractivity contribution >= 4 is 17.3 Å². The lowest BCUT2D eigenvalue weighted by Gasteiger charge is -2.29. The van der Waals surface area contributed by atoms with E-state index in [9.17, 15) is 14.9 Å². The number of non-ortho nitro benzene ring substituents is 1. The summed E-state index contributed by atoms with van der Waals surface area (Å²) in [6.45, 7) is 6.38. The number of benzene rings is 1. The Balaban J connectivity index is 2.07. The molecule has 0 fully saturated rings. The summed E-state index contributed by atoms with van der Waals surface area (Å²) in [7, 11) is 0. The van der Waals surface area contributed by atoms with Crippen LogP contribution in [-0.4, -0.2) is 16.5 Å². The maximum absolute atomic E-state index is 12.0. The van der Waals surface area contributed by atoms with Crippen molar-refractivity contribution in [3.63, 3.8) is 0 Å². The van der Waals surface area contributed by atoms with Crippen LogP contribution in [0.3, 0.4) is 0 Å². The molecule has 1 aliphatic carbocycles. The summed E-state index contributed by atoms with van der Waals surface area (Å²) in [5.74, 6) is -0.378. The predicted octanol–water partition coefficient (Wildman–Crippen LogP) is 3.45. The third-order valence-electron chi connectivity index (χ3n) is 3.47. The number of hydrazone groups is 1. The highest BCUT2D eigenvalue weighted by atomic mass is 16.6. The van der Waals surface area contributed by atoms with Gasteiger partial charge in [0.05, 0.1) is 10.6 Å². The highest BCUT2D eigenvalue weighted by Gasteiger charge is 2.24. The SMILES string of the molecule is CC1=C/C(=N\NC(=O)c2ccc([N+](=O)[O-])cc2)CC(C)(C)C1. The van der Waals surface area contributed by atoms with E-state index in [0.717, 1.165) is 18.6 Å². The monoisotopic (exact) mass is 301 g/mol. The molecule has 0 radical (unpaired) electrons. The van der Waals surface area contributed by atoms with E-state index < -0.39 is 4.92 Å². The highest BCUT2D eigenvalue weighted by molar-refractivity contribution is 5.99. The van der Waals surface area contributed by atoms with Crippen molar-refractivity contribution in [2.45, 2.75) is 33.6 Å². The van der Waals surface area contributed by atoms with Crippen LogP contribution in [0.25, 0.3) is 0 Å². The first kappa shape index (κ1) is 15.9. The quantitative estimate of drug-likeness (QED) is 0.685. The second kappa shape index (κ2) is 6.09. The van der Waals surface area contributed by atoms with Crippen LogP contribution in [0.4, 0.5) is 5.69 Å². The van der Waals surface area contributed by atoms with Gasteiger partial charge in [-0.2, -0.15) is 5.10 Å². The molecule has 0 atom stereocenters. The molecule has 0 bridgehead atoms. The molecule has 0 heterocycles. The van der Waals surface area contributed by atoms with E-state index in [4.69, 9.17) is 0 Å². The van der Waals surface area contributed by atoms with E-state index in [1.54, 1.807) is 0 Å². The zero-order chi connectivity index (χ0) is 16.3. The summed E-state index contributed by atoms with van der Waals surface area (Å²) < 4.78 is 0. The molecule has 6 heteroatoms. The largest absolute Gasteiger partial charge is 0.271 e. The summed E-state index contributed by atoms with van der Waals surface area (Å²) >= 11 is 0. The summed E-state index contributed by atoms with van der Waals surface area (Å²) in [4.78, 5) is 22.1. The molecule has 0 saturated heterocycles. The number of nitro benzene ring substituents is 1. The summed E-state index contributed by atoms with van der Waals surface area (Å²) in [5, 5.41) is 14.8. The molecule has 2 rings (SSSR count). The third kappa shape index (κ3) is 4.00. The maximum Gasteiger partial charge on any atom is 0.271 e. The Labute approximate surface area is 129 Å². The van der Waals surface area contributed by atoms with E-state index in [0.29, 0.717) is 5.56 Å². The number of allylic oxidation sites excluding steroid dienone is 2. The highest BCUT2D eigenvalue weighted by Crippen LogP contribution is 2.33. The zero-order valence-corrected chi connectivity index (χ0v) is 12.9. The first-order chi connectivity index (χ1) is 10.3. The van der Waals surface area contributed by atoms with Crippen LogP contribution in [-0.2, 0) is 0 Å². The van der Waals surface area contributed by atoms with Crippen molar-refractivity contribution in [1.82, 2.24) is 5.43 Å². The van der Waals surface area contributed by atoms with Crippen molar-refractivity contribution in [3.05, 3.63) is 51.6 Å². The molecule has 1 aliphatic rings. The van der Waals surface area contributed by atoms with Gasteiger partial charge in [-0.05, 0) is 43.4 Å². The summed E-state index contributed by atoms with van der Waals surface area (Å²) in [6.07, 6.45) is 3.80. The van der Waals surface area contributed by atoms with E-state index in [1.807, 2.05) is 6.08 Å². The van der Waals surface area contributed by atoms with Crippen LogP contribution in [0.5, 0.6) is 0 Å². The minimum absolute atomic E-state index is 0.0459. The Morgan fingerprint density at radius 1 is 1.27 bits per heavy atom. The number of amides is 1. The smallest absolute Gasteiger partial charge is 0.267 e. The van der Waals surface area contributed by atoms with E-state index in [-0.39, 0.29) is 17.0 Å². The van der Waals surface area contributed by atoms with Gasteiger partial charge in [0.25, 0.3) is 11.6 Å². The lowest BCUT2D eigenvalue weighted by atomic mass is 9.77. The molecule has 1 aromatic rings. The minimum Gasteiger partial charge on any atom is -0.267 e. The number of rotatable bonds is 3. The topological polar surface area (TPSA) is 84.6 Å². The van der Waals surface area contributed by atoms with Crippen LogP contribution in [0, 0.1) is 15.5 Å². The molecular formula is C16H19N3O3. The molecule has 6 nitrogen and oxygen atoms in total. The van der Waals surface area contributed by atoms with Gasteiger partial charge in [-0.1, -0.05) is 19.4 Å². The molecule has 0 aromatic heterocycles. The van der Waals surface area contributed by atoms with Crippen LogP contribution >= 0.6 is 0 Å². The third-order valence-corrected chi connectivity index (χ3v) is 3.47. The molecule has 22 heavy (non-hydrogen) atoms. The maximum atomic E-state index is 12.0. The summed E-state index contributed by atoms with van der Waals surface area (Å²) in [5.41, 5.74) is 5.01. The van der Waals surface area contributed by atoms with Crippen molar-refractivity contribution in [2.24, 2.45) is 10.5 Å². The fraction of sp³-hybridized carbons (Fsp3) is 0.375. The van der Waals surface area contributed by atoms with Gasteiger partial charge in [0.1, 0.15) is 0 Å². The molecular weight excluding hydrogens is 282 g/mol. The van der Waals surface area contributed by atoms with Crippen LogP contribution in [0.15, 0.2) is 41.0 Å². The Morgan fingerprint density at radius 3 is 2.45 bits per heavy atom. The van der Waals surface area contributed by atoms with Crippen molar-refractivity contribution in [2.75, 3.05) is 0 Å². The van der Waals surface area contributed by atoms with E-state index in [1.165, 1.54) is 29.8 Å². The van der Waals surface area contributed by atoms with Gasteiger partial charge in [-0.3, -0.25) is 14.9 Å². The molecule has 1 amide bonds. The average Bonchev–Trinajstić information content (AvgIpc) is 2.42. The van der Waals surface area contributed by atoms with Gasteiger partial charge in [-0.25, -0.2) is 5.43 Å². The van der Waals surface area contributed by atoms with Crippen molar-refractivity contribution in [1.29, 1.82) is 0 Å². The lowest BCUT2D eigenvalue weighted by molar-refractivity contribution is -0.384. The molecule has 0 aliphatic heterocycles. The molecule has 0 saturated carbocycles. The van der Waals surface area contributed by atoms with Crippen LogP contribution in [0.2, 0.25) is 0 Å². The van der Waals surface area contributed by atoms with Gasteiger partial charge < -0.3 is 0 Å². The van der Waals surface area contributed by atoms with E-state index in [2.05, 4.69) is 31.3 Å². The first-order valence-electron chi connectivity index (χ1n) is 7.05. The average molecular weight is 301 g/mol. The predicted molar refractivity (Wildman–Crippen MR) is 84.8 cm³/mol. The Kier molecular flexibility index (Phi) is 4.40. The molecule has 0 spiro atoms. The number of hydrogen-bond acceptors (Lipinski definition) is 4. The van der Waals surface area contributed by atoms with Crippen LogP contribution in [0.1, 0.15) is 44.0 Å². The summed E-state index contributed by atoms with van der Waals surface area (Å²) in [6, 6.07) is 5.44. The molecule has 116 valence electrons. The number of carbonyl (C=O) groups is 1. The number of nitrogens with zero attached hydrogens (tertiary/aromatic N) is 2. The molecule has 0 unspecified atom stereocenters. The molecule has 1 aromatic carbocycles. The van der Waals surface area contributed by atoms with Crippen molar-refractivity contribution in [3.8, 4) is 0 Å². The number of nitro groups is 1. The first-order valence-corrected chi connectivity index (χ1v) is 7.05.